The molecule has 0 bridgehead atoms. The van der Waals surface area contributed by atoms with Crippen LogP contribution in [0.4, 0.5) is 13.6 Å². The monoisotopic (exact) mass is 348 g/mol. The minimum atomic E-state index is -0.919. The number of nitrogens with one attached hydrogen (secondary N) is 1. The summed E-state index contributed by atoms with van der Waals surface area (Å²) < 4.78 is 29.1. The summed E-state index contributed by atoms with van der Waals surface area (Å²) in [7, 11) is 1.85. The molecule has 1 aliphatic rings. The van der Waals surface area contributed by atoms with Crippen LogP contribution in [0.25, 0.3) is 0 Å². The predicted octanol–water partition coefficient (Wildman–Crippen LogP) is 3.70. The number of urea groups is 1. The lowest BCUT2D eigenvalue weighted by atomic mass is 9.99. The van der Waals surface area contributed by atoms with Crippen LogP contribution >= 0.6 is 0 Å². The first kappa shape index (κ1) is 17.4. The molecule has 3 rings (SSSR count). The number of aryl methyl sites for hydroxylation is 1. The third-order valence-electron chi connectivity index (χ3n) is 4.75. The van der Waals surface area contributed by atoms with E-state index >= 15 is 0 Å². The summed E-state index contributed by atoms with van der Waals surface area (Å²) in [5.74, 6) is -1.83. The van der Waals surface area contributed by atoms with Gasteiger partial charge in [0.25, 0.3) is 0 Å². The van der Waals surface area contributed by atoms with E-state index in [2.05, 4.69) is 10.4 Å². The van der Waals surface area contributed by atoms with E-state index in [0.29, 0.717) is 6.54 Å². The van der Waals surface area contributed by atoms with Gasteiger partial charge in [0.05, 0.1) is 17.8 Å². The molecule has 2 amide bonds. The summed E-state index contributed by atoms with van der Waals surface area (Å²) in [4.78, 5) is 14.5. The van der Waals surface area contributed by atoms with Gasteiger partial charge in [0.15, 0.2) is 11.6 Å². The Kier molecular flexibility index (Phi) is 5.01. The number of piperidine rings is 1. The predicted molar refractivity (Wildman–Crippen MR) is 89.8 cm³/mol. The van der Waals surface area contributed by atoms with Crippen LogP contribution in [0.3, 0.4) is 0 Å². The van der Waals surface area contributed by atoms with Crippen molar-refractivity contribution in [3.63, 3.8) is 0 Å². The minimum absolute atomic E-state index is 0.0641. The van der Waals surface area contributed by atoms with Gasteiger partial charge < -0.3 is 10.2 Å². The van der Waals surface area contributed by atoms with Crippen molar-refractivity contribution in [1.82, 2.24) is 20.0 Å². The zero-order chi connectivity index (χ0) is 18.0. The molecule has 2 heterocycles. The van der Waals surface area contributed by atoms with Gasteiger partial charge in [-0.1, -0.05) is 12.1 Å². The Morgan fingerprint density at radius 2 is 2.12 bits per heavy atom. The van der Waals surface area contributed by atoms with Crippen molar-refractivity contribution in [3.05, 3.63) is 53.4 Å². The molecule has 25 heavy (non-hydrogen) atoms. The van der Waals surface area contributed by atoms with Crippen molar-refractivity contribution < 1.29 is 13.6 Å². The number of hydrogen-bond acceptors (Lipinski definition) is 2. The molecule has 1 aliphatic heterocycles. The number of nitrogens with zero attached hydrogens (tertiary/aromatic N) is 3. The molecule has 1 saturated heterocycles. The number of likely N-dealkylation sites (tertiary alicyclic amines) is 1. The molecule has 0 spiro atoms. The average Bonchev–Trinajstić information content (AvgIpc) is 3.03. The highest BCUT2D eigenvalue weighted by Crippen LogP contribution is 2.31. The number of carbonyl (C=O) groups is 1. The second kappa shape index (κ2) is 7.21. The van der Waals surface area contributed by atoms with Crippen LogP contribution in [0.1, 0.15) is 49.5 Å². The molecule has 2 atom stereocenters. The maximum atomic E-state index is 13.9. The second-order valence-electron chi connectivity index (χ2n) is 6.40. The van der Waals surface area contributed by atoms with Gasteiger partial charge in [-0.3, -0.25) is 4.68 Å². The molecule has 1 N–H and O–H groups in total. The molecule has 7 heteroatoms. The van der Waals surface area contributed by atoms with Crippen molar-refractivity contribution in [2.75, 3.05) is 6.54 Å². The van der Waals surface area contributed by atoms with Gasteiger partial charge in [-0.15, -0.1) is 0 Å². The summed E-state index contributed by atoms with van der Waals surface area (Å²) in [6, 6.07) is 4.93. The molecule has 1 aromatic carbocycles. The summed E-state index contributed by atoms with van der Waals surface area (Å²) >= 11 is 0. The first-order chi connectivity index (χ1) is 12.0. The molecule has 5 nitrogen and oxygen atoms in total. The fourth-order valence-electron chi connectivity index (χ4n) is 3.39. The second-order valence-corrected chi connectivity index (χ2v) is 6.40. The zero-order valence-corrected chi connectivity index (χ0v) is 14.4. The number of hydrogen-bond donors (Lipinski definition) is 1. The van der Waals surface area contributed by atoms with Gasteiger partial charge in [-0.05, 0) is 38.3 Å². The van der Waals surface area contributed by atoms with Crippen LogP contribution in [0.5, 0.6) is 0 Å². The fraction of sp³-hybridized carbons (Fsp3) is 0.444. The van der Waals surface area contributed by atoms with E-state index in [0.717, 1.165) is 31.0 Å². The smallest absolute Gasteiger partial charge is 0.318 e. The summed E-state index contributed by atoms with van der Waals surface area (Å²) in [6.07, 6.45) is 4.53. The highest BCUT2D eigenvalue weighted by atomic mass is 19.2. The maximum absolute atomic E-state index is 13.9. The van der Waals surface area contributed by atoms with Crippen molar-refractivity contribution in [3.8, 4) is 0 Å². The molecule has 0 unspecified atom stereocenters. The van der Waals surface area contributed by atoms with Gasteiger partial charge in [0, 0.05) is 25.4 Å². The van der Waals surface area contributed by atoms with Crippen LogP contribution in [0.15, 0.2) is 30.5 Å². The number of carbonyl (C=O) groups excluding carboxylic acids is 1. The Morgan fingerprint density at radius 3 is 2.84 bits per heavy atom. The van der Waals surface area contributed by atoms with Gasteiger partial charge in [-0.25, -0.2) is 13.6 Å². The Hall–Kier alpha value is -2.44. The van der Waals surface area contributed by atoms with Gasteiger partial charge in [-0.2, -0.15) is 5.10 Å². The first-order valence-electron chi connectivity index (χ1n) is 8.48. The molecular weight excluding hydrogens is 326 g/mol. The largest absolute Gasteiger partial charge is 0.331 e. The number of aromatic nitrogens is 2. The van der Waals surface area contributed by atoms with Crippen molar-refractivity contribution >= 4 is 6.03 Å². The van der Waals surface area contributed by atoms with E-state index < -0.39 is 17.7 Å². The van der Waals surface area contributed by atoms with Gasteiger partial charge >= 0.3 is 6.03 Å². The van der Waals surface area contributed by atoms with Crippen LogP contribution in [-0.2, 0) is 7.05 Å². The topological polar surface area (TPSA) is 50.2 Å². The average molecular weight is 348 g/mol. The van der Waals surface area contributed by atoms with Crippen molar-refractivity contribution in [1.29, 1.82) is 0 Å². The highest BCUT2D eigenvalue weighted by Gasteiger charge is 2.30. The van der Waals surface area contributed by atoms with Crippen molar-refractivity contribution in [2.45, 2.75) is 38.3 Å². The summed E-state index contributed by atoms with van der Waals surface area (Å²) in [6.45, 7) is 2.28. The third kappa shape index (κ3) is 3.50. The number of rotatable bonds is 3. The van der Waals surface area contributed by atoms with E-state index in [4.69, 9.17) is 0 Å². The standard InChI is InChI=1S/C18H22F2N4O/c1-12(13-6-5-7-14(19)17(13)20)22-18(25)24-11-4-3-8-16(24)15-9-10-21-23(15)2/h5-7,9-10,12,16H,3-4,8,11H2,1-2H3,(H,22,25)/t12-,16-/m0/s1. The normalized spacial score (nSPS) is 18.9. The van der Waals surface area contributed by atoms with Crippen LogP contribution in [0.2, 0.25) is 0 Å². The Labute approximate surface area is 145 Å². The number of halogens is 2. The Bertz CT molecular complexity index is 761. The zero-order valence-electron chi connectivity index (χ0n) is 14.4. The van der Waals surface area contributed by atoms with Crippen molar-refractivity contribution in [2.24, 2.45) is 7.05 Å². The molecule has 0 saturated carbocycles. The highest BCUT2D eigenvalue weighted by molar-refractivity contribution is 5.75. The number of amides is 2. The van der Waals surface area contributed by atoms with Gasteiger partial charge in [0.2, 0.25) is 0 Å². The molecule has 1 aromatic heterocycles. The first-order valence-corrected chi connectivity index (χ1v) is 8.48. The SMILES string of the molecule is C[C@H](NC(=O)N1CCCC[C@H]1c1ccnn1C)c1cccc(F)c1F. The minimum Gasteiger partial charge on any atom is -0.331 e. The van der Waals surface area contributed by atoms with Crippen LogP contribution in [0, 0.1) is 11.6 Å². The molecule has 0 aliphatic carbocycles. The fourth-order valence-corrected chi connectivity index (χ4v) is 3.39. The third-order valence-corrected chi connectivity index (χ3v) is 4.75. The quantitative estimate of drug-likeness (QED) is 0.920. The molecule has 2 aromatic rings. The lowest BCUT2D eigenvalue weighted by molar-refractivity contribution is 0.145. The van der Waals surface area contributed by atoms with Gasteiger partial charge in [0.1, 0.15) is 0 Å². The molecular formula is C18H22F2N4O. The van der Waals surface area contributed by atoms with E-state index in [-0.39, 0.29) is 17.6 Å². The van der Waals surface area contributed by atoms with E-state index in [1.54, 1.807) is 22.7 Å². The lowest BCUT2D eigenvalue weighted by Gasteiger charge is -2.36. The Morgan fingerprint density at radius 1 is 1.32 bits per heavy atom. The summed E-state index contributed by atoms with van der Waals surface area (Å²) in [5.41, 5.74) is 1.11. The van der Waals surface area contributed by atoms with E-state index in [9.17, 15) is 13.6 Å². The molecule has 1 fully saturated rings. The molecule has 0 radical (unpaired) electrons. The van der Waals surface area contributed by atoms with E-state index in [1.165, 1.54) is 12.1 Å². The lowest BCUT2D eigenvalue weighted by Crippen LogP contribution is -2.45. The van der Waals surface area contributed by atoms with Crippen LogP contribution < -0.4 is 5.32 Å². The number of benzene rings is 1. The maximum Gasteiger partial charge on any atom is 0.318 e. The van der Waals surface area contributed by atoms with Crippen LogP contribution in [-0.4, -0.2) is 27.3 Å². The molecule has 134 valence electrons. The summed E-state index contributed by atoms with van der Waals surface area (Å²) in [5, 5.41) is 6.98. The van der Waals surface area contributed by atoms with E-state index in [1.807, 2.05) is 13.1 Å². The Balaban J connectivity index is 1.77.